The predicted molar refractivity (Wildman–Crippen MR) is 85.3 cm³/mol. The lowest BCUT2D eigenvalue weighted by Crippen LogP contribution is -2.30. The Bertz CT molecular complexity index is 628. The lowest BCUT2D eigenvalue weighted by atomic mass is 10.0. The van der Waals surface area contributed by atoms with E-state index in [1.165, 1.54) is 5.56 Å². The molecule has 1 fully saturated rings. The number of Topliss-reactive ketones (excluding diaryl/α,β-unsaturated/α-hetero) is 1. The summed E-state index contributed by atoms with van der Waals surface area (Å²) in [7, 11) is 0. The Morgan fingerprint density at radius 3 is 1.95 bits per heavy atom. The summed E-state index contributed by atoms with van der Waals surface area (Å²) in [6.45, 7) is 6.50. The highest BCUT2D eigenvalue weighted by molar-refractivity contribution is 6.02. The highest BCUT2D eigenvalue weighted by atomic mass is 16.1. The molecule has 1 unspecified atom stereocenters. The lowest BCUT2D eigenvalue weighted by molar-refractivity contribution is 0.0957. The molecule has 2 aromatic rings. The fourth-order valence-electron chi connectivity index (χ4n) is 3.10. The number of benzene rings is 2. The Balaban J connectivity index is 1.92. The van der Waals surface area contributed by atoms with E-state index in [4.69, 9.17) is 0 Å². The maximum atomic E-state index is 12.8. The van der Waals surface area contributed by atoms with Gasteiger partial charge >= 0.3 is 0 Å². The minimum atomic E-state index is -0.0465. The Morgan fingerprint density at radius 1 is 0.905 bits per heavy atom. The average molecular weight is 279 g/mol. The maximum Gasteiger partial charge on any atom is 0.181 e. The van der Waals surface area contributed by atoms with Crippen molar-refractivity contribution in [3.63, 3.8) is 0 Å². The van der Waals surface area contributed by atoms with Crippen LogP contribution in [0.4, 0.5) is 0 Å². The van der Waals surface area contributed by atoms with Gasteiger partial charge in [0.05, 0.1) is 12.1 Å². The molecule has 0 saturated carbocycles. The summed E-state index contributed by atoms with van der Waals surface area (Å²) in [5, 5.41) is 0. The molecule has 3 atom stereocenters. The highest BCUT2D eigenvalue weighted by Gasteiger charge is 2.57. The highest BCUT2D eigenvalue weighted by Crippen LogP contribution is 2.49. The van der Waals surface area contributed by atoms with Gasteiger partial charge < -0.3 is 0 Å². The summed E-state index contributed by atoms with van der Waals surface area (Å²) in [5.41, 5.74) is 2.01. The number of rotatable bonds is 3. The van der Waals surface area contributed by atoms with Crippen LogP contribution in [0.5, 0.6) is 0 Å². The van der Waals surface area contributed by atoms with Gasteiger partial charge in [0.1, 0.15) is 0 Å². The number of hydrogen-bond donors (Lipinski definition) is 0. The third-order valence-corrected chi connectivity index (χ3v) is 4.05. The zero-order valence-electron chi connectivity index (χ0n) is 12.8. The number of carbonyl (C=O) groups excluding carboxylic acids is 1. The van der Waals surface area contributed by atoms with E-state index in [0.717, 1.165) is 5.56 Å². The second kappa shape index (κ2) is 5.12. The number of hydrogen-bond acceptors (Lipinski definition) is 2. The topological polar surface area (TPSA) is 20.1 Å². The molecule has 2 heteroatoms. The largest absolute Gasteiger partial charge is 0.292 e. The van der Waals surface area contributed by atoms with E-state index in [2.05, 4.69) is 37.8 Å². The fourth-order valence-corrected chi connectivity index (χ4v) is 3.10. The minimum Gasteiger partial charge on any atom is -0.292 e. The van der Waals surface area contributed by atoms with Crippen LogP contribution < -0.4 is 0 Å². The molecule has 3 rings (SSSR count). The van der Waals surface area contributed by atoms with Gasteiger partial charge in [0.15, 0.2) is 5.78 Å². The van der Waals surface area contributed by atoms with Gasteiger partial charge in [0, 0.05) is 11.1 Å². The lowest BCUT2D eigenvalue weighted by Gasteiger charge is -2.22. The van der Waals surface area contributed by atoms with Gasteiger partial charge in [-0.2, -0.15) is 0 Å². The Labute approximate surface area is 126 Å². The molecule has 1 saturated heterocycles. The van der Waals surface area contributed by atoms with Crippen LogP contribution in [0, 0.1) is 0 Å². The molecule has 21 heavy (non-hydrogen) atoms. The van der Waals surface area contributed by atoms with Crippen molar-refractivity contribution in [3.05, 3.63) is 71.8 Å². The first kappa shape index (κ1) is 14.0. The van der Waals surface area contributed by atoms with E-state index in [-0.39, 0.29) is 23.4 Å². The molecule has 2 aromatic carbocycles. The molecular formula is C19H21NO. The number of nitrogens with zero attached hydrogens (tertiary/aromatic N) is 1. The van der Waals surface area contributed by atoms with Crippen molar-refractivity contribution in [2.24, 2.45) is 0 Å². The van der Waals surface area contributed by atoms with E-state index in [1.54, 1.807) is 0 Å². The molecule has 0 aromatic heterocycles. The molecule has 1 heterocycles. The first-order valence-corrected chi connectivity index (χ1v) is 7.43. The van der Waals surface area contributed by atoms with Crippen LogP contribution in [0.15, 0.2) is 60.7 Å². The Hall–Kier alpha value is -1.93. The monoisotopic (exact) mass is 279 g/mol. The van der Waals surface area contributed by atoms with Crippen molar-refractivity contribution >= 4 is 5.78 Å². The van der Waals surface area contributed by atoms with Crippen molar-refractivity contribution < 1.29 is 4.79 Å². The van der Waals surface area contributed by atoms with E-state index in [9.17, 15) is 4.79 Å². The molecule has 108 valence electrons. The molecule has 0 aliphatic carbocycles. The van der Waals surface area contributed by atoms with Crippen LogP contribution in [-0.4, -0.2) is 22.3 Å². The van der Waals surface area contributed by atoms with Crippen molar-refractivity contribution in [2.45, 2.75) is 38.4 Å². The van der Waals surface area contributed by atoms with E-state index in [0.29, 0.717) is 0 Å². The molecule has 0 radical (unpaired) electrons. The molecule has 2 nitrogen and oxygen atoms in total. The summed E-state index contributed by atoms with van der Waals surface area (Å²) >= 11 is 0. The van der Waals surface area contributed by atoms with Gasteiger partial charge in [0.25, 0.3) is 0 Å². The number of carbonyl (C=O) groups is 1. The van der Waals surface area contributed by atoms with Gasteiger partial charge in [-0.1, -0.05) is 60.7 Å². The van der Waals surface area contributed by atoms with Crippen LogP contribution in [0.1, 0.15) is 42.7 Å². The molecular weight excluding hydrogens is 258 g/mol. The van der Waals surface area contributed by atoms with E-state index >= 15 is 0 Å². The Morgan fingerprint density at radius 2 is 1.43 bits per heavy atom. The van der Waals surface area contributed by atoms with E-state index in [1.807, 2.05) is 48.5 Å². The van der Waals surface area contributed by atoms with Crippen LogP contribution in [0.25, 0.3) is 0 Å². The summed E-state index contributed by atoms with van der Waals surface area (Å²) < 4.78 is 0. The molecule has 0 bridgehead atoms. The summed E-state index contributed by atoms with van der Waals surface area (Å²) in [5.74, 6) is 0.222. The van der Waals surface area contributed by atoms with Crippen LogP contribution in [0.3, 0.4) is 0 Å². The van der Waals surface area contributed by atoms with Crippen LogP contribution >= 0.6 is 0 Å². The fraction of sp³-hybridized carbons (Fsp3) is 0.316. The normalized spacial score (nSPS) is 24.6. The standard InChI is InChI=1S/C19H21NO/c1-19(2,3)20-16(14-10-6-4-7-11-14)17(20)18(21)15-12-8-5-9-13-15/h4-13,16-17H,1-3H3/t16-,17-,20?/m0/s1. The van der Waals surface area contributed by atoms with Crippen molar-refractivity contribution in [3.8, 4) is 0 Å². The van der Waals surface area contributed by atoms with Gasteiger partial charge in [-0.25, -0.2) is 0 Å². The number of ketones is 1. The second-order valence-electron chi connectivity index (χ2n) is 6.61. The first-order valence-electron chi connectivity index (χ1n) is 7.43. The van der Waals surface area contributed by atoms with Gasteiger partial charge in [-0.3, -0.25) is 9.69 Å². The molecule has 0 amide bonds. The second-order valence-corrected chi connectivity index (χ2v) is 6.61. The molecule has 0 spiro atoms. The van der Waals surface area contributed by atoms with Crippen molar-refractivity contribution in [2.75, 3.05) is 0 Å². The van der Waals surface area contributed by atoms with Gasteiger partial charge in [-0.15, -0.1) is 0 Å². The summed E-state index contributed by atoms with van der Waals surface area (Å²) in [6.07, 6.45) is 0. The van der Waals surface area contributed by atoms with Crippen molar-refractivity contribution in [1.29, 1.82) is 0 Å². The summed E-state index contributed by atoms with van der Waals surface area (Å²) in [4.78, 5) is 15.1. The summed E-state index contributed by atoms with van der Waals surface area (Å²) in [6, 6.07) is 20.1. The zero-order chi connectivity index (χ0) is 15.0. The zero-order valence-corrected chi connectivity index (χ0v) is 12.8. The Kier molecular flexibility index (Phi) is 3.42. The van der Waals surface area contributed by atoms with Crippen molar-refractivity contribution in [1.82, 2.24) is 4.90 Å². The van der Waals surface area contributed by atoms with E-state index < -0.39 is 0 Å². The third-order valence-electron chi connectivity index (χ3n) is 4.05. The molecule has 1 aliphatic rings. The quantitative estimate of drug-likeness (QED) is 0.623. The molecule has 0 N–H and O–H groups in total. The van der Waals surface area contributed by atoms with Crippen LogP contribution in [-0.2, 0) is 0 Å². The third kappa shape index (κ3) is 2.64. The smallest absolute Gasteiger partial charge is 0.181 e. The van der Waals surface area contributed by atoms with Gasteiger partial charge in [0.2, 0.25) is 0 Å². The predicted octanol–water partition coefficient (Wildman–Crippen LogP) is 4.09. The SMILES string of the molecule is CC(C)(C)N1[C@H](C(=O)c2ccccc2)[C@@H]1c1ccccc1. The molecule has 1 aliphatic heterocycles. The first-order chi connectivity index (χ1) is 10.00. The maximum absolute atomic E-state index is 12.8. The van der Waals surface area contributed by atoms with Gasteiger partial charge in [-0.05, 0) is 26.3 Å². The minimum absolute atomic E-state index is 0.0182. The van der Waals surface area contributed by atoms with Crippen LogP contribution in [0.2, 0.25) is 0 Å². The average Bonchev–Trinajstić information content (AvgIpc) is 3.24.